The number of ether oxygens (including phenoxy) is 1. The third-order valence-corrected chi connectivity index (χ3v) is 7.34. The molecule has 1 aliphatic rings. The number of anilines is 1. The lowest BCUT2D eigenvalue weighted by molar-refractivity contribution is -0.135. The Labute approximate surface area is 207 Å². The van der Waals surface area contributed by atoms with Crippen LogP contribution in [0.1, 0.15) is 21.5 Å². The van der Waals surface area contributed by atoms with Gasteiger partial charge in [-0.05, 0) is 60.0 Å². The van der Waals surface area contributed by atoms with E-state index in [1.54, 1.807) is 17.0 Å². The zero-order valence-electron chi connectivity index (χ0n) is 17.8. The first-order chi connectivity index (χ1) is 16.2. The second kappa shape index (κ2) is 10.0. The first-order valence-electron chi connectivity index (χ1n) is 10.3. The van der Waals surface area contributed by atoms with Crippen LogP contribution in [0, 0.1) is 0 Å². The fourth-order valence-corrected chi connectivity index (χ4v) is 4.97. The van der Waals surface area contributed by atoms with Crippen molar-refractivity contribution in [2.75, 3.05) is 17.9 Å². The van der Waals surface area contributed by atoms with Crippen LogP contribution >= 0.6 is 23.2 Å². The summed E-state index contributed by atoms with van der Waals surface area (Å²) in [5, 5.41) is 0.470. The molecule has 1 heterocycles. The van der Waals surface area contributed by atoms with E-state index in [1.165, 1.54) is 29.8 Å². The maximum absolute atomic E-state index is 12.7. The van der Waals surface area contributed by atoms with Crippen molar-refractivity contribution in [3.8, 4) is 0 Å². The molecule has 10 heteroatoms. The van der Waals surface area contributed by atoms with Crippen molar-refractivity contribution < 1.29 is 22.7 Å². The average Bonchev–Trinajstić information content (AvgIpc) is 2.83. The lowest BCUT2D eigenvalue weighted by Crippen LogP contribution is -2.38. The molecule has 1 N–H and O–H groups in total. The monoisotopic (exact) mass is 518 g/mol. The molecule has 1 aliphatic heterocycles. The van der Waals surface area contributed by atoms with Gasteiger partial charge < -0.3 is 9.64 Å². The van der Waals surface area contributed by atoms with E-state index in [1.807, 2.05) is 24.3 Å². The van der Waals surface area contributed by atoms with Gasteiger partial charge in [-0.25, -0.2) is 13.2 Å². The second-order valence-corrected chi connectivity index (χ2v) is 10.2. The Kier molecular flexibility index (Phi) is 7.11. The summed E-state index contributed by atoms with van der Waals surface area (Å²) < 4.78 is 33.1. The van der Waals surface area contributed by atoms with Crippen LogP contribution in [0.2, 0.25) is 10.0 Å². The first-order valence-corrected chi connectivity index (χ1v) is 12.6. The normalized spacial score (nSPS) is 13.2. The van der Waals surface area contributed by atoms with Crippen molar-refractivity contribution in [3.05, 3.63) is 93.5 Å². The van der Waals surface area contributed by atoms with Gasteiger partial charge in [0, 0.05) is 23.8 Å². The summed E-state index contributed by atoms with van der Waals surface area (Å²) in [7, 11) is -4.01. The molecule has 176 valence electrons. The highest BCUT2D eigenvalue weighted by molar-refractivity contribution is 7.92. The van der Waals surface area contributed by atoms with E-state index in [0.29, 0.717) is 23.8 Å². The number of hydrogen-bond acceptors (Lipinski definition) is 5. The highest BCUT2D eigenvalue weighted by Crippen LogP contribution is 2.24. The third-order valence-electron chi connectivity index (χ3n) is 5.37. The summed E-state index contributed by atoms with van der Waals surface area (Å²) in [6.45, 7) is 0.493. The van der Waals surface area contributed by atoms with Crippen LogP contribution in [0.25, 0.3) is 0 Å². The van der Waals surface area contributed by atoms with Crippen LogP contribution in [-0.4, -0.2) is 38.3 Å². The number of carbonyl (C=O) groups excluding carboxylic acids is 2. The molecule has 0 saturated carbocycles. The molecular weight excluding hydrogens is 499 g/mol. The number of nitrogens with zero attached hydrogens (tertiary/aromatic N) is 1. The summed E-state index contributed by atoms with van der Waals surface area (Å²) in [5.74, 6) is -1.23. The van der Waals surface area contributed by atoms with E-state index in [0.717, 1.165) is 18.1 Å². The number of esters is 1. The highest BCUT2D eigenvalue weighted by Gasteiger charge is 2.24. The number of benzene rings is 3. The molecule has 0 radical (unpaired) electrons. The molecule has 1 amide bonds. The number of fused-ring (bicyclic) bond motifs is 1. The minimum Gasteiger partial charge on any atom is -0.452 e. The molecule has 7 nitrogen and oxygen atoms in total. The fraction of sp³-hybridized carbons (Fsp3) is 0.167. The van der Waals surface area contributed by atoms with Crippen LogP contribution in [0.15, 0.2) is 71.6 Å². The van der Waals surface area contributed by atoms with Gasteiger partial charge in [0.15, 0.2) is 6.61 Å². The number of nitrogens with one attached hydrogen (secondary N) is 1. The summed E-state index contributed by atoms with van der Waals surface area (Å²) in [4.78, 5) is 26.6. The molecule has 0 saturated heterocycles. The molecule has 3 aromatic carbocycles. The third kappa shape index (κ3) is 5.52. The van der Waals surface area contributed by atoms with E-state index in [-0.39, 0.29) is 21.4 Å². The highest BCUT2D eigenvalue weighted by atomic mass is 35.5. The number of amides is 1. The van der Waals surface area contributed by atoms with E-state index < -0.39 is 22.6 Å². The number of sulfonamides is 1. The van der Waals surface area contributed by atoms with Gasteiger partial charge in [0.25, 0.3) is 15.9 Å². The van der Waals surface area contributed by atoms with Gasteiger partial charge in [-0.2, -0.15) is 0 Å². The first kappa shape index (κ1) is 24.1. The molecule has 0 bridgehead atoms. The number of halogens is 2. The van der Waals surface area contributed by atoms with E-state index in [9.17, 15) is 18.0 Å². The Morgan fingerprint density at radius 3 is 2.41 bits per heavy atom. The Morgan fingerprint density at radius 1 is 0.971 bits per heavy atom. The maximum Gasteiger partial charge on any atom is 0.340 e. The number of rotatable bonds is 6. The van der Waals surface area contributed by atoms with Crippen LogP contribution in [0.5, 0.6) is 0 Å². The van der Waals surface area contributed by atoms with E-state index in [2.05, 4.69) is 4.72 Å². The summed E-state index contributed by atoms with van der Waals surface area (Å²) >= 11 is 11.9. The second-order valence-electron chi connectivity index (χ2n) is 7.66. The Bertz CT molecular complexity index is 1340. The molecule has 0 unspecified atom stereocenters. The van der Waals surface area contributed by atoms with Gasteiger partial charge in [0.05, 0.1) is 15.5 Å². The molecule has 0 spiro atoms. The zero-order valence-corrected chi connectivity index (χ0v) is 20.2. The molecule has 4 rings (SSSR count). The van der Waals surface area contributed by atoms with Crippen molar-refractivity contribution in [3.63, 3.8) is 0 Å². The van der Waals surface area contributed by atoms with Gasteiger partial charge in [-0.1, -0.05) is 47.5 Å². The molecule has 34 heavy (non-hydrogen) atoms. The van der Waals surface area contributed by atoms with Crippen molar-refractivity contribution >= 4 is 50.8 Å². The van der Waals surface area contributed by atoms with E-state index >= 15 is 0 Å². The minimum absolute atomic E-state index is 0.00907. The maximum atomic E-state index is 12.7. The lowest BCUT2D eigenvalue weighted by atomic mass is 10.00. The van der Waals surface area contributed by atoms with Crippen LogP contribution in [-0.2, 0) is 32.5 Å². The largest absolute Gasteiger partial charge is 0.452 e. The Balaban J connectivity index is 1.42. The molecule has 3 aromatic rings. The predicted molar refractivity (Wildman–Crippen MR) is 130 cm³/mol. The average molecular weight is 519 g/mol. The fourth-order valence-electron chi connectivity index (χ4n) is 3.56. The molecule has 0 aromatic heterocycles. The predicted octanol–water partition coefficient (Wildman–Crippen LogP) is 4.54. The van der Waals surface area contributed by atoms with Gasteiger partial charge in [-0.3, -0.25) is 9.52 Å². The molecular formula is C24H20Cl2N2O5S. The van der Waals surface area contributed by atoms with Crippen LogP contribution < -0.4 is 4.72 Å². The zero-order chi connectivity index (χ0) is 24.3. The standard InChI is InChI=1S/C24H20Cl2N2O5S/c25-18-5-7-19(8-6-18)27-34(31,32)20-9-10-22(26)21(13-20)24(30)33-15-23(29)28-12-11-16-3-1-2-4-17(16)14-28/h1-10,13,27H,11-12,14-15H2. The van der Waals surface area contributed by atoms with E-state index in [4.69, 9.17) is 27.9 Å². The van der Waals surface area contributed by atoms with Crippen LogP contribution in [0.3, 0.4) is 0 Å². The molecule has 0 aliphatic carbocycles. The Morgan fingerprint density at radius 2 is 1.68 bits per heavy atom. The topological polar surface area (TPSA) is 92.8 Å². The number of hydrogen-bond donors (Lipinski definition) is 1. The van der Waals surface area contributed by atoms with Crippen molar-refractivity contribution in [2.24, 2.45) is 0 Å². The molecule has 0 atom stereocenters. The minimum atomic E-state index is -4.01. The van der Waals surface area contributed by atoms with Crippen molar-refractivity contribution in [1.29, 1.82) is 0 Å². The quantitative estimate of drug-likeness (QED) is 0.483. The van der Waals surface area contributed by atoms with Crippen molar-refractivity contribution in [1.82, 2.24) is 4.90 Å². The smallest absolute Gasteiger partial charge is 0.340 e. The van der Waals surface area contributed by atoms with Gasteiger partial charge in [0.1, 0.15) is 0 Å². The summed E-state index contributed by atoms with van der Waals surface area (Å²) in [6.07, 6.45) is 0.724. The molecule has 0 fully saturated rings. The van der Waals surface area contributed by atoms with Gasteiger partial charge >= 0.3 is 5.97 Å². The lowest BCUT2D eigenvalue weighted by Gasteiger charge is -2.28. The summed E-state index contributed by atoms with van der Waals surface area (Å²) in [5.41, 5.74) is 2.40. The van der Waals surface area contributed by atoms with Gasteiger partial charge in [-0.15, -0.1) is 0 Å². The van der Waals surface area contributed by atoms with Crippen molar-refractivity contribution in [2.45, 2.75) is 17.9 Å². The SMILES string of the molecule is O=C(OCC(=O)N1CCc2ccccc2C1)c1cc(S(=O)(=O)Nc2ccc(Cl)cc2)ccc1Cl. The van der Waals surface area contributed by atoms with Crippen LogP contribution in [0.4, 0.5) is 5.69 Å². The Hall–Kier alpha value is -3.07. The van der Waals surface area contributed by atoms with Gasteiger partial charge in [0.2, 0.25) is 0 Å². The number of carbonyl (C=O) groups is 2. The summed E-state index contributed by atoms with van der Waals surface area (Å²) in [6, 6.07) is 17.6.